The van der Waals surface area contributed by atoms with Gasteiger partial charge in [0.05, 0.1) is 23.3 Å². The maximum absolute atomic E-state index is 16.1. The number of esters is 1. The molecule has 15 N–H and O–H groups in total. The number of carbonyl (C=O) groups excluding carboxylic acids is 8. The van der Waals surface area contributed by atoms with Gasteiger partial charge in [-0.1, -0.05) is 47.5 Å². The lowest BCUT2D eigenvalue weighted by Gasteiger charge is -2.31. The van der Waals surface area contributed by atoms with Crippen LogP contribution in [0, 0.1) is 0 Å². The topological polar surface area (TPSA) is 438 Å². The van der Waals surface area contributed by atoms with Crippen molar-refractivity contribution >= 4 is 70.7 Å². The molecule has 0 saturated heterocycles. The van der Waals surface area contributed by atoms with Crippen LogP contribution in [0.3, 0.4) is 0 Å². The van der Waals surface area contributed by atoms with E-state index in [4.69, 9.17) is 51.6 Å². The van der Waals surface area contributed by atoms with E-state index in [1.165, 1.54) is 60.7 Å². The summed E-state index contributed by atoms with van der Waals surface area (Å²) in [4.78, 5) is 120. The van der Waals surface area contributed by atoms with Crippen molar-refractivity contribution in [3.63, 3.8) is 0 Å². The van der Waals surface area contributed by atoms with Crippen molar-refractivity contribution in [2.24, 2.45) is 0 Å². The van der Waals surface area contributed by atoms with Crippen LogP contribution < -0.4 is 56.2 Å². The Morgan fingerprint density at radius 1 is 0.551 bits per heavy atom. The van der Waals surface area contributed by atoms with E-state index >= 15 is 24.0 Å². The highest BCUT2D eigenvalue weighted by Crippen LogP contribution is 2.49. The van der Waals surface area contributed by atoms with Gasteiger partial charge in [0.2, 0.25) is 41.2 Å². The van der Waals surface area contributed by atoms with E-state index in [2.05, 4.69) is 37.2 Å². The van der Waals surface area contributed by atoms with Crippen LogP contribution in [0.5, 0.6) is 69.0 Å². The summed E-state index contributed by atoms with van der Waals surface area (Å²) in [6.45, 7) is 2.30. The number of fused-ring (bicyclic) bond motifs is 14. The smallest absolute Gasteiger partial charge is 0.408 e. The molecular formula is C67H61Cl2N7O22. The summed E-state index contributed by atoms with van der Waals surface area (Å²) >= 11 is 14.0. The molecule has 0 aliphatic carbocycles. The van der Waals surface area contributed by atoms with Crippen LogP contribution in [0.4, 0.5) is 4.79 Å². The van der Waals surface area contributed by atoms with Crippen LogP contribution in [-0.2, 0) is 49.5 Å². The first-order valence-electron chi connectivity index (χ1n) is 30.0. The number of phenolic OH excluding ortho intramolecular Hbond substituents is 5. The van der Waals surface area contributed by atoms with Crippen molar-refractivity contribution in [2.45, 2.75) is 81.2 Å². The van der Waals surface area contributed by atoms with Crippen molar-refractivity contribution in [1.82, 2.24) is 37.2 Å². The molecule has 7 amide bonds. The number of amides is 7. The van der Waals surface area contributed by atoms with Crippen molar-refractivity contribution in [2.75, 3.05) is 26.4 Å². The molecule has 13 rings (SSSR count). The molecule has 0 radical (unpaired) electrons. The maximum Gasteiger partial charge on any atom is 0.408 e. The molecule has 29 nitrogen and oxygen atoms in total. The number of hydrogen-bond acceptors (Lipinski definition) is 22. The average molecular weight is 1390 g/mol. The molecule has 510 valence electrons. The Hall–Kier alpha value is -11.2. The van der Waals surface area contributed by atoms with Gasteiger partial charge in [-0.2, -0.15) is 0 Å². The number of aliphatic hydroxyl groups excluding tert-OH is 3. The second-order valence-corrected chi connectivity index (χ2v) is 24.6. The SMILES string of the molecule is CC(C)(C)OC(=O)N[C@@H]1C(=O)N[C@@H]2Cc3ccc(c(Cl)c3)Oc3cc4cc(c3OCCO)Oc3ccc(cc3Cl)[C@@H](O)[C@@H]3NC(=O)[C@H](NC(=O)[C@@H]4NC(=O)[C@@H](NC2=O)c2cc(O)cc(c2)Oc2cc1ccc2O)c1ccc(O)c(c1)-c1c(O)cc(O)cc1[C@@H](C(=O)OCCO)NC3=O. The third-order valence-electron chi connectivity index (χ3n) is 15.7. The summed E-state index contributed by atoms with van der Waals surface area (Å²) in [5, 5.41) is 107. The zero-order valence-corrected chi connectivity index (χ0v) is 53.2. The summed E-state index contributed by atoms with van der Waals surface area (Å²) < 4.78 is 35.9. The average Bonchev–Trinajstić information content (AvgIpc) is 0.770. The lowest BCUT2D eigenvalue weighted by molar-refractivity contribution is -0.149. The molecule has 31 heteroatoms. The van der Waals surface area contributed by atoms with Crippen molar-refractivity contribution in [3.8, 4) is 80.1 Å². The molecule has 7 aromatic rings. The van der Waals surface area contributed by atoms with Gasteiger partial charge >= 0.3 is 12.1 Å². The minimum Gasteiger partial charge on any atom is -0.508 e. The predicted octanol–water partition coefficient (Wildman–Crippen LogP) is 5.67. The molecule has 98 heavy (non-hydrogen) atoms. The summed E-state index contributed by atoms with van der Waals surface area (Å²) in [6, 6.07) is 7.90. The summed E-state index contributed by atoms with van der Waals surface area (Å²) in [5.41, 5.74) is -3.23. The molecule has 0 aromatic heterocycles. The van der Waals surface area contributed by atoms with Gasteiger partial charge in [-0.15, -0.1) is 0 Å². The number of hydrogen-bond donors (Lipinski definition) is 15. The second-order valence-electron chi connectivity index (χ2n) is 23.8. The fourth-order valence-electron chi connectivity index (χ4n) is 11.3. The van der Waals surface area contributed by atoms with Gasteiger partial charge in [0, 0.05) is 35.2 Å². The van der Waals surface area contributed by atoms with E-state index in [1.807, 2.05) is 0 Å². The van der Waals surface area contributed by atoms with Crippen molar-refractivity contribution in [1.29, 1.82) is 0 Å². The first-order chi connectivity index (χ1) is 46.6. The number of nitrogens with one attached hydrogen (secondary N) is 7. The third kappa shape index (κ3) is 14.6. The van der Waals surface area contributed by atoms with Gasteiger partial charge < -0.3 is 106 Å². The first-order valence-corrected chi connectivity index (χ1v) is 30.8. The van der Waals surface area contributed by atoms with E-state index in [0.717, 1.165) is 54.6 Å². The zero-order chi connectivity index (χ0) is 70.2. The van der Waals surface area contributed by atoms with Crippen LogP contribution in [0.1, 0.15) is 96.0 Å². The Bertz CT molecular complexity index is 4410. The summed E-state index contributed by atoms with van der Waals surface area (Å²) in [5.74, 6) is -14.2. The number of aromatic hydroxyl groups is 5. The molecule has 17 bridgehead atoms. The Labute approximate surface area is 565 Å². The molecule has 8 atom stereocenters. The molecule has 0 saturated carbocycles. The molecule has 7 aromatic carbocycles. The Balaban J connectivity index is 1.14. The number of alkyl carbamates (subject to hydrolysis) is 1. The number of aliphatic hydroxyl groups is 3. The fourth-order valence-corrected chi connectivity index (χ4v) is 11.8. The summed E-state index contributed by atoms with van der Waals surface area (Å²) in [6.07, 6.45) is -3.68. The van der Waals surface area contributed by atoms with Crippen LogP contribution in [-0.4, -0.2) is 132 Å². The Morgan fingerprint density at radius 3 is 1.81 bits per heavy atom. The predicted molar refractivity (Wildman–Crippen MR) is 341 cm³/mol. The minimum absolute atomic E-state index is 0.0114. The Morgan fingerprint density at radius 2 is 1.14 bits per heavy atom. The first kappa shape index (κ1) is 68.2. The normalized spacial score (nSPS) is 20.7. The Kier molecular flexibility index (Phi) is 19.4. The molecule has 6 aliphatic rings. The second kappa shape index (κ2) is 27.8. The van der Waals surface area contributed by atoms with Gasteiger partial charge in [-0.05, 0) is 133 Å². The van der Waals surface area contributed by atoms with Gasteiger partial charge in [0.1, 0.15) is 101 Å². The molecular weight excluding hydrogens is 1330 g/mol. The lowest BCUT2D eigenvalue weighted by Crippen LogP contribution is -2.55. The quantitative estimate of drug-likeness (QED) is 0.0855. The molecule has 6 aliphatic heterocycles. The van der Waals surface area contributed by atoms with Crippen LogP contribution in [0.15, 0.2) is 115 Å². The maximum atomic E-state index is 16.1. The third-order valence-corrected chi connectivity index (χ3v) is 16.3. The van der Waals surface area contributed by atoms with Gasteiger partial charge in [-0.25, -0.2) is 9.59 Å². The number of rotatable bonds is 7. The molecule has 6 heterocycles. The van der Waals surface area contributed by atoms with E-state index in [-0.39, 0.29) is 83.7 Å². The number of ether oxygens (including phenoxy) is 6. The minimum atomic E-state index is -2.21. The number of halogens is 2. The molecule has 0 spiro atoms. The van der Waals surface area contributed by atoms with Gasteiger partial charge in [0.15, 0.2) is 29.0 Å². The van der Waals surface area contributed by atoms with Gasteiger partial charge in [0.25, 0.3) is 0 Å². The largest absolute Gasteiger partial charge is 0.508 e. The molecule has 0 unspecified atom stereocenters. The highest BCUT2D eigenvalue weighted by atomic mass is 35.5. The number of carbonyl (C=O) groups is 8. The van der Waals surface area contributed by atoms with Crippen LogP contribution >= 0.6 is 23.2 Å². The zero-order valence-electron chi connectivity index (χ0n) is 51.7. The van der Waals surface area contributed by atoms with E-state index in [0.29, 0.717) is 0 Å². The highest BCUT2D eigenvalue weighted by Gasteiger charge is 2.42. The lowest BCUT2D eigenvalue weighted by atomic mass is 9.89. The number of benzene rings is 7. The van der Waals surface area contributed by atoms with Gasteiger partial charge in [-0.3, -0.25) is 28.8 Å². The van der Waals surface area contributed by atoms with E-state index in [1.54, 1.807) is 20.8 Å². The van der Waals surface area contributed by atoms with Crippen molar-refractivity contribution in [3.05, 3.63) is 164 Å². The van der Waals surface area contributed by atoms with Crippen molar-refractivity contribution < 1.29 is 108 Å². The van der Waals surface area contributed by atoms with E-state index < -0.39 is 180 Å². The monoisotopic (exact) mass is 1390 g/mol. The highest BCUT2D eigenvalue weighted by molar-refractivity contribution is 6.32. The van der Waals surface area contributed by atoms with Crippen LogP contribution in [0.2, 0.25) is 10.0 Å². The number of phenols is 5. The fraction of sp³-hybridized carbons (Fsp3) is 0.254. The van der Waals surface area contributed by atoms with Crippen LogP contribution in [0.25, 0.3) is 11.1 Å². The summed E-state index contributed by atoms with van der Waals surface area (Å²) in [7, 11) is 0. The molecule has 0 fully saturated rings. The standard InChI is InChI=1S/C67H61Cl2N7O22/c1-67(2,3)98-66(92)76-52-30-6-9-43(82)47(22-30)95-36-19-32(18-34(79)25-36)53-62(88)73-54-33-23-48(96-45-10-4-28(16-39(45)68)17-41(59(85)71-53)70-60(52)86)58(93-14-12-77)49(24-33)97-46-11-7-31(21-40(46)69)57(84)56-64(90)74-55(65(91)94-15-13-78)38-26-35(80)27-44(83)50(38)37-20-29(5-8-42(37)81)51(61(87)75-56)72-63(54)89/h4-11,16,18-27,41,51-57,77-84H,12-15,17H2,1-3H3,(H,70,86)(H,71,85)(H,72,89)(H,73,88)(H,74,90)(H,75,87)(H,76,92)/t41-,51-,52+,53+,54-,55+,56+,57-/m1/s1. The van der Waals surface area contributed by atoms with E-state index in [9.17, 15) is 55.2 Å².